The number of rotatable bonds is 9. The van der Waals surface area contributed by atoms with Gasteiger partial charge in [-0.3, -0.25) is 4.79 Å². The zero-order chi connectivity index (χ0) is 24.8. The summed E-state index contributed by atoms with van der Waals surface area (Å²) in [7, 11) is 3.05. The number of ether oxygens (including phenoxy) is 3. The van der Waals surface area contributed by atoms with Gasteiger partial charge in [0.2, 0.25) is 0 Å². The van der Waals surface area contributed by atoms with Crippen LogP contribution in [0.1, 0.15) is 32.0 Å². The highest BCUT2D eigenvalue weighted by molar-refractivity contribution is 5.97. The summed E-state index contributed by atoms with van der Waals surface area (Å²) in [6, 6.07) is 18.6. The fourth-order valence-electron chi connectivity index (χ4n) is 3.32. The Morgan fingerprint density at radius 1 is 0.971 bits per heavy atom. The van der Waals surface area contributed by atoms with Gasteiger partial charge in [-0.2, -0.15) is 5.10 Å². The molecule has 0 aliphatic carbocycles. The summed E-state index contributed by atoms with van der Waals surface area (Å²) in [6.45, 7) is 0.238. The van der Waals surface area contributed by atoms with Gasteiger partial charge in [-0.05, 0) is 53.6 Å². The van der Waals surface area contributed by atoms with Crippen molar-refractivity contribution in [1.82, 2.24) is 5.43 Å². The zero-order valence-electron chi connectivity index (χ0n) is 19.0. The van der Waals surface area contributed by atoms with Gasteiger partial charge in [0.05, 0.1) is 26.0 Å². The molecule has 0 saturated carbocycles. The molecule has 0 radical (unpaired) electrons. The highest BCUT2D eigenvalue weighted by atomic mass is 16.5. The van der Waals surface area contributed by atoms with Crippen molar-refractivity contribution in [3.8, 4) is 17.2 Å². The molecule has 35 heavy (non-hydrogen) atoms. The number of hydrogen-bond donors (Lipinski definition) is 2. The van der Waals surface area contributed by atoms with Crippen LogP contribution in [0, 0.1) is 0 Å². The number of nitrogens with one attached hydrogen (secondary N) is 1. The van der Waals surface area contributed by atoms with Gasteiger partial charge >= 0.3 is 11.9 Å². The van der Waals surface area contributed by atoms with E-state index in [-0.39, 0.29) is 17.9 Å². The topological polar surface area (TPSA) is 120 Å². The molecular weight excluding hydrogens is 452 g/mol. The minimum atomic E-state index is -0.981. The van der Waals surface area contributed by atoms with Gasteiger partial charge in [-0.25, -0.2) is 10.2 Å². The van der Waals surface area contributed by atoms with Crippen LogP contribution in [0.15, 0.2) is 76.2 Å². The number of carboxylic acid groups (broad SMARTS) is 1. The van der Waals surface area contributed by atoms with E-state index in [1.165, 1.54) is 32.6 Å². The van der Waals surface area contributed by atoms with Crippen LogP contribution in [0.25, 0.3) is 11.0 Å². The SMILES string of the molecule is COc1cc(/C=N\NC(=O)c2cc3cccc(OC)c3o2)ccc1OCc1ccc(C(=O)O)cc1. The largest absolute Gasteiger partial charge is 0.493 e. The van der Waals surface area contributed by atoms with Gasteiger partial charge in [0.15, 0.2) is 28.6 Å². The average Bonchev–Trinajstić information content (AvgIpc) is 3.32. The molecule has 9 nitrogen and oxygen atoms in total. The first-order valence-corrected chi connectivity index (χ1v) is 10.5. The molecule has 2 N–H and O–H groups in total. The number of carbonyl (C=O) groups is 2. The molecular formula is C26H22N2O7. The van der Waals surface area contributed by atoms with E-state index in [1.807, 2.05) is 12.1 Å². The molecule has 4 rings (SSSR count). The quantitative estimate of drug-likeness (QED) is 0.271. The lowest BCUT2D eigenvalue weighted by Crippen LogP contribution is -2.16. The highest BCUT2D eigenvalue weighted by Gasteiger charge is 2.14. The van der Waals surface area contributed by atoms with Crippen LogP contribution in [0.4, 0.5) is 0 Å². The van der Waals surface area contributed by atoms with E-state index >= 15 is 0 Å². The van der Waals surface area contributed by atoms with Gasteiger partial charge in [0.25, 0.3) is 0 Å². The second kappa shape index (κ2) is 10.4. The van der Waals surface area contributed by atoms with Crippen LogP contribution >= 0.6 is 0 Å². The summed E-state index contributed by atoms with van der Waals surface area (Å²) in [4.78, 5) is 23.4. The number of carboxylic acids is 1. The number of para-hydroxylation sites is 1. The molecule has 3 aromatic carbocycles. The van der Waals surface area contributed by atoms with Crippen molar-refractivity contribution >= 4 is 29.1 Å². The van der Waals surface area contributed by atoms with Crippen molar-refractivity contribution in [2.75, 3.05) is 14.2 Å². The Hall–Kier alpha value is -4.79. The number of aromatic carboxylic acids is 1. The van der Waals surface area contributed by atoms with E-state index in [9.17, 15) is 9.59 Å². The molecule has 0 unspecified atom stereocenters. The number of fused-ring (bicyclic) bond motifs is 1. The van der Waals surface area contributed by atoms with E-state index in [2.05, 4.69) is 10.5 Å². The Balaban J connectivity index is 1.39. The van der Waals surface area contributed by atoms with Crippen molar-refractivity contribution < 1.29 is 33.3 Å². The first-order valence-electron chi connectivity index (χ1n) is 10.5. The Labute approximate surface area is 200 Å². The lowest BCUT2D eigenvalue weighted by molar-refractivity contribution is 0.0696. The minimum Gasteiger partial charge on any atom is -0.493 e. The first kappa shape index (κ1) is 23.4. The predicted octanol–water partition coefficient (Wildman–Crippen LogP) is 4.49. The third-order valence-corrected chi connectivity index (χ3v) is 5.11. The number of furan rings is 1. The summed E-state index contributed by atoms with van der Waals surface area (Å²) in [5.74, 6) is 0.154. The average molecular weight is 474 g/mol. The monoisotopic (exact) mass is 474 g/mol. The van der Waals surface area contributed by atoms with Crippen LogP contribution in [0.5, 0.6) is 17.2 Å². The maximum absolute atomic E-state index is 12.4. The van der Waals surface area contributed by atoms with Crippen LogP contribution < -0.4 is 19.6 Å². The maximum Gasteiger partial charge on any atom is 0.335 e. The predicted molar refractivity (Wildman–Crippen MR) is 129 cm³/mol. The number of amides is 1. The van der Waals surface area contributed by atoms with E-state index < -0.39 is 11.9 Å². The summed E-state index contributed by atoms with van der Waals surface area (Å²) in [6.07, 6.45) is 1.47. The Morgan fingerprint density at radius 3 is 2.46 bits per heavy atom. The Morgan fingerprint density at radius 2 is 1.74 bits per heavy atom. The molecule has 178 valence electrons. The van der Waals surface area contributed by atoms with E-state index in [4.69, 9.17) is 23.7 Å². The summed E-state index contributed by atoms with van der Waals surface area (Å²) >= 11 is 0. The van der Waals surface area contributed by atoms with Crippen molar-refractivity contribution in [3.05, 3.63) is 89.2 Å². The number of hydrogen-bond acceptors (Lipinski definition) is 7. The van der Waals surface area contributed by atoms with Gasteiger partial charge < -0.3 is 23.7 Å². The summed E-state index contributed by atoms with van der Waals surface area (Å²) in [5.41, 5.74) is 4.62. The van der Waals surface area contributed by atoms with Crippen molar-refractivity contribution in [3.63, 3.8) is 0 Å². The molecule has 0 atom stereocenters. The van der Waals surface area contributed by atoms with E-state index in [0.717, 1.165) is 10.9 Å². The van der Waals surface area contributed by atoms with E-state index in [1.54, 1.807) is 42.5 Å². The molecule has 1 heterocycles. The summed E-state index contributed by atoms with van der Waals surface area (Å²) < 4.78 is 22.1. The fraction of sp³-hybridized carbons (Fsp3) is 0.115. The molecule has 9 heteroatoms. The van der Waals surface area contributed by atoms with Gasteiger partial charge in [0.1, 0.15) is 6.61 Å². The van der Waals surface area contributed by atoms with Crippen LogP contribution in [-0.2, 0) is 6.61 Å². The van der Waals surface area contributed by atoms with Crippen molar-refractivity contribution in [2.45, 2.75) is 6.61 Å². The lowest BCUT2D eigenvalue weighted by atomic mass is 10.1. The number of hydrazone groups is 1. The molecule has 1 amide bonds. The Bertz CT molecular complexity index is 1390. The zero-order valence-corrected chi connectivity index (χ0v) is 19.0. The molecule has 0 spiro atoms. The van der Waals surface area contributed by atoms with Crippen molar-refractivity contribution in [2.24, 2.45) is 5.10 Å². The standard InChI is InChI=1S/C26H22N2O7/c1-32-21-5-3-4-19-13-23(35-24(19)21)25(29)28-27-14-17-8-11-20(22(12-17)33-2)34-15-16-6-9-18(10-7-16)26(30)31/h3-14H,15H2,1-2H3,(H,28,29)(H,30,31)/b27-14-. The molecule has 0 aliphatic rings. The van der Waals surface area contributed by atoms with Crippen molar-refractivity contribution in [1.29, 1.82) is 0 Å². The van der Waals surface area contributed by atoms with Gasteiger partial charge in [-0.1, -0.05) is 24.3 Å². The molecule has 0 saturated heterocycles. The van der Waals surface area contributed by atoms with Crippen LogP contribution in [0.3, 0.4) is 0 Å². The lowest BCUT2D eigenvalue weighted by Gasteiger charge is -2.11. The summed E-state index contributed by atoms with van der Waals surface area (Å²) in [5, 5.41) is 13.7. The third-order valence-electron chi connectivity index (χ3n) is 5.11. The number of methoxy groups -OCH3 is 2. The molecule has 0 bridgehead atoms. The highest BCUT2D eigenvalue weighted by Crippen LogP contribution is 2.29. The number of carbonyl (C=O) groups excluding carboxylic acids is 1. The van der Waals surface area contributed by atoms with Crippen LogP contribution in [0.2, 0.25) is 0 Å². The minimum absolute atomic E-state index is 0.111. The van der Waals surface area contributed by atoms with Crippen LogP contribution in [-0.4, -0.2) is 37.4 Å². The normalized spacial score (nSPS) is 10.9. The third kappa shape index (κ3) is 5.41. The smallest absolute Gasteiger partial charge is 0.335 e. The molecule has 0 aliphatic heterocycles. The maximum atomic E-state index is 12.4. The molecule has 0 fully saturated rings. The van der Waals surface area contributed by atoms with E-state index in [0.29, 0.717) is 28.4 Å². The fourth-order valence-corrected chi connectivity index (χ4v) is 3.32. The number of nitrogens with zero attached hydrogens (tertiary/aromatic N) is 1. The van der Waals surface area contributed by atoms with Gasteiger partial charge in [0, 0.05) is 5.39 Å². The second-order valence-electron chi connectivity index (χ2n) is 7.39. The van der Waals surface area contributed by atoms with Gasteiger partial charge in [-0.15, -0.1) is 0 Å². The second-order valence-corrected chi connectivity index (χ2v) is 7.39. The number of benzene rings is 3. The molecule has 4 aromatic rings. The first-order chi connectivity index (χ1) is 17.0. The Kier molecular flexibility index (Phi) is 6.96. The molecule has 1 aromatic heterocycles.